The molecule has 0 N–H and O–H groups in total. The van der Waals surface area contributed by atoms with E-state index in [-0.39, 0.29) is 5.92 Å². The zero-order chi connectivity index (χ0) is 22.8. The van der Waals surface area contributed by atoms with Gasteiger partial charge in [0.15, 0.2) is 11.6 Å². The third-order valence-corrected chi connectivity index (χ3v) is 5.29. The van der Waals surface area contributed by atoms with Gasteiger partial charge in [0.25, 0.3) is 0 Å². The Hall–Kier alpha value is -2.97. The van der Waals surface area contributed by atoms with Gasteiger partial charge in [0, 0.05) is 17.7 Å². The molecule has 0 saturated carbocycles. The Kier molecular flexibility index (Phi) is 6.43. The standard InChI is InChI=1S/C20H19ClN6O2.C3H8/c1-11(2)14-8-29-20(23-14)18-16-7-26-17(9-28-3)24-25-19(26)13-6-12(21)4-5-15(13)27(16)10-22-18;1-3-2/h4-6,8,10-11H,7,9H2,1-3H3;3H2,1-2H3. The number of hydrogen-bond acceptors (Lipinski definition) is 6. The van der Waals surface area contributed by atoms with Crippen molar-refractivity contribution in [2.45, 2.75) is 53.2 Å². The summed E-state index contributed by atoms with van der Waals surface area (Å²) >= 11 is 6.29. The number of oxazole rings is 1. The Morgan fingerprint density at radius 2 is 2.00 bits per heavy atom. The van der Waals surface area contributed by atoms with Gasteiger partial charge in [-0.2, -0.15) is 0 Å². The summed E-state index contributed by atoms with van der Waals surface area (Å²) in [7, 11) is 1.64. The molecule has 1 aliphatic heterocycles. The normalized spacial score (nSPS) is 12.0. The van der Waals surface area contributed by atoms with Crippen molar-refractivity contribution in [3.63, 3.8) is 0 Å². The van der Waals surface area contributed by atoms with Crippen molar-refractivity contribution >= 4 is 11.6 Å². The fourth-order valence-electron chi connectivity index (χ4n) is 3.55. The molecule has 0 amide bonds. The molecule has 5 rings (SSSR count). The highest BCUT2D eigenvalue weighted by molar-refractivity contribution is 6.31. The second-order valence-corrected chi connectivity index (χ2v) is 8.41. The molecule has 0 atom stereocenters. The molecule has 0 spiro atoms. The predicted octanol–water partition coefficient (Wildman–Crippen LogP) is 5.49. The summed E-state index contributed by atoms with van der Waals surface area (Å²) in [6.07, 6.45) is 4.73. The zero-order valence-corrected chi connectivity index (χ0v) is 19.7. The number of fused-ring (bicyclic) bond motifs is 5. The molecule has 1 aromatic carbocycles. The van der Waals surface area contributed by atoms with Crippen molar-refractivity contribution in [1.82, 2.24) is 29.3 Å². The van der Waals surface area contributed by atoms with E-state index in [2.05, 4.69) is 47.9 Å². The number of aromatic nitrogens is 6. The average molecular weight is 455 g/mol. The summed E-state index contributed by atoms with van der Waals surface area (Å²) in [6.45, 7) is 9.26. The van der Waals surface area contributed by atoms with Crippen LogP contribution in [0.3, 0.4) is 0 Å². The van der Waals surface area contributed by atoms with Crippen molar-refractivity contribution in [3.05, 3.63) is 53.0 Å². The smallest absolute Gasteiger partial charge is 0.247 e. The third kappa shape index (κ3) is 3.96. The molecule has 4 aromatic rings. The van der Waals surface area contributed by atoms with Gasteiger partial charge in [-0.1, -0.05) is 45.7 Å². The number of ether oxygens (including phenoxy) is 1. The Balaban J connectivity index is 0.000000775. The summed E-state index contributed by atoms with van der Waals surface area (Å²) in [5.74, 6) is 2.24. The quantitative estimate of drug-likeness (QED) is 0.357. The van der Waals surface area contributed by atoms with Crippen LogP contribution >= 0.6 is 11.6 Å². The number of nitrogens with zero attached hydrogens (tertiary/aromatic N) is 6. The SMILES string of the molecule is CCC.COCc1nnc2n1Cc1c(-c3nc(C(C)C)co3)ncn1-c1ccc(Cl)cc1-2. The highest BCUT2D eigenvalue weighted by atomic mass is 35.5. The number of hydrogen-bond donors (Lipinski definition) is 0. The van der Waals surface area contributed by atoms with Crippen LogP contribution in [0.2, 0.25) is 5.02 Å². The van der Waals surface area contributed by atoms with Crippen LogP contribution in [0.15, 0.2) is 35.2 Å². The molecule has 32 heavy (non-hydrogen) atoms. The lowest BCUT2D eigenvalue weighted by Gasteiger charge is -2.08. The molecular weight excluding hydrogens is 428 g/mol. The summed E-state index contributed by atoms with van der Waals surface area (Å²) < 4.78 is 15.1. The molecule has 1 aliphatic rings. The fraction of sp³-hybridized carbons (Fsp3) is 0.391. The predicted molar refractivity (Wildman–Crippen MR) is 123 cm³/mol. The maximum Gasteiger partial charge on any atom is 0.247 e. The van der Waals surface area contributed by atoms with Crippen molar-refractivity contribution in [2.24, 2.45) is 0 Å². The molecule has 9 heteroatoms. The lowest BCUT2D eigenvalue weighted by Crippen LogP contribution is -2.09. The Labute approximate surface area is 192 Å². The zero-order valence-electron chi connectivity index (χ0n) is 19.0. The molecular formula is C23H27ClN6O2. The van der Waals surface area contributed by atoms with E-state index in [1.807, 2.05) is 27.3 Å². The van der Waals surface area contributed by atoms with Crippen LogP contribution < -0.4 is 0 Å². The summed E-state index contributed by atoms with van der Waals surface area (Å²) in [4.78, 5) is 9.26. The van der Waals surface area contributed by atoms with Crippen molar-refractivity contribution in [2.75, 3.05) is 7.11 Å². The first kappa shape index (κ1) is 22.2. The van der Waals surface area contributed by atoms with Crippen LogP contribution in [0.4, 0.5) is 0 Å². The summed E-state index contributed by atoms with van der Waals surface area (Å²) in [5, 5.41) is 9.36. The molecule has 0 radical (unpaired) electrons. The number of benzene rings is 1. The highest BCUT2D eigenvalue weighted by Crippen LogP contribution is 2.36. The second kappa shape index (κ2) is 9.26. The largest absolute Gasteiger partial charge is 0.443 e. The van der Waals surface area contributed by atoms with E-state index in [0.717, 1.165) is 34.3 Å². The first-order valence-corrected chi connectivity index (χ1v) is 11.1. The summed E-state index contributed by atoms with van der Waals surface area (Å²) in [5.41, 5.74) is 4.33. The van der Waals surface area contributed by atoms with Gasteiger partial charge in [0.2, 0.25) is 5.89 Å². The lowest BCUT2D eigenvalue weighted by atomic mass is 10.1. The third-order valence-electron chi connectivity index (χ3n) is 5.05. The van der Waals surface area contributed by atoms with E-state index < -0.39 is 0 Å². The Bertz CT molecular complexity index is 1220. The second-order valence-electron chi connectivity index (χ2n) is 7.97. The van der Waals surface area contributed by atoms with E-state index in [1.54, 1.807) is 19.7 Å². The molecule has 0 fully saturated rings. The first-order chi connectivity index (χ1) is 15.5. The van der Waals surface area contributed by atoms with Crippen LogP contribution in [0.25, 0.3) is 28.7 Å². The molecule has 3 aromatic heterocycles. The van der Waals surface area contributed by atoms with Gasteiger partial charge in [0.1, 0.15) is 24.9 Å². The van der Waals surface area contributed by atoms with Gasteiger partial charge in [-0.15, -0.1) is 10.2 Å². The maximum atomic E-state index is 6.29. The van der Waals surface area contributed by atoms with Crippen molar-refractivity contribution in [1.29, 1.82) is 0 Å². The van der Waals surface area contributed by atoms with Gasteiger partial charge in [-0.25, -0.2) is 9.97 Å². The van der Waals surface area contributed by atoms with Crippen molar-refractivity contribution < 1.29 is 9.15 Å². The van der Waals surface area contributed by atoms with E-state index >= 15 is 0 Å². The minimum absolute atomic E-state index is 0.273. The molecule has 168 valence electrons. The molecule has 4 heterocycles. The highest BCUT2D eigenvalue weighted by Gasteiger charge is 2.28. The molecule has 0 bridgehead atoms. The van der Waals surface area contributed by atoms with E-state index in [9.17, 15) is 0 Å². The van der Waals surface area contributed by atoms with Crippen LogP contribution in [-0.2, 0) is 17.9 Å². The van der Waals surface area contributed by atoms with Crippen LogP contribution in [0, 0.1) is 0 Å². The van der Waals surface area contributed by atoms with Gasteiger partial charge in [-0.3, -0.25) is 4.57 Å². The van der Waals surface area contributed by atoms with Gasteiger partial charge >= 0.3 is 0 Å². The molecule has 0 unspecified atom stereocenters. The average Bonchev–Trinajstić information content (AvgIpc) is 3.47. The number of imidazole rings is 1. The van der Waals surface area contributed by atoms with E-state index in [4.69, 9.17) is 20.8 Å². The Morgan fingerprint density at radius 3 is 2.69 bits per heavy atom. The van der Waals surface area contributed by atoms with Crippen LogP contribution in [-0.4, -0.2) is 36.4 Å². The van der Waals surface area contributed by atoms with Crippen LogP contribution in [0.5, 0.6) is 0 Å². The summed E-state index contributed by atoms with van der Waals surface area (Å²) in [6, 6.07) is 5.71. The molecule has 0 saturated heterocycles. The van der Waals surface area contributed by atoms with Gasteiger partial charge in [0.05, 0.1) is 23.6 Å². The van der Waals surface area contributed by atoms with Gasteiger partial charge < -0.3 is 13.7 Å². The number of halogens is 1. The minimum atomic E-state index is 0.273. The van der Waals surface area contributed by atoms with E-state index in [1.165, 1.54) is 6.42 Å². The van der Waals surface area contributed by atoms with E-state index in [0.29, 0.717) is 29.8 Å². The topological polar surface area (TPSA) is 83.8 Å². The number of methoxy groups -OCH3 is 1. The van der Waals surface area contributed by atoms with Crippen LogP contribution in [0.1, 0.15) is 57.2 Å². The molecule has 0 aliphatic carbocycles. The van der Waals surface area contributed by atoms with Crippen molar-refractivity contribution in [3.8, 4) is 28.7 Å². The Morgan fingerprint density at radius 1 is 1.22 bits per heavy atom. The minimum Gasteiger partial charge on any atom is -0.443 e. The first-order valence-electron chi connectivity index (χ1n) is 10.7. The maximum absolute atomic E-state index is 6.29. The fourth-order valence-corrected chi connectivity index (χ4v) is 3.73. The lowest BCUT2D eigenvalue weighted by molar-refractivity contribution is 0.174. The monoisotopic (exact) mass is 454 g/mol. The molecule has 8 nitrogen and oxygen atoms in total. The number of rotatable bonds is 4. The van der Waals surface area contributed by atoms with Gasteiger partial charge in [-0.05, 0) is 24.1 Å².